The van der Waals surface area contributed by atoms with Crippen LogP contribution in [0.15, 0.2) is 286 Å². The van der Waals surface area contributed by atoms with Gasteiger partial charge in [0.05, 0.1) is 11.0 Å². The number of benzene rings is 10. The lowest BCUT2D eigenvalue weighted by Crippen LogP contribution is -2.74. The van der Waals surface area contributed by atoms with Crippen LogP contribution < -0.4 is 20.7 Å². The van der Waals surface area contributed by atoms with Gasteiger partial charge in [-0.05, 0) is 103 Å². The zero-order valence-electron chi connectivity index (χ0n) is 38.9. The Morgan fingerprint density at radius 2 is 0.803 bits per heavy atom. The van der Waals surface area contributed by atoms with E-state index in [9.17, 15) is 0 Å². The van der Waals surface area contributed by atoms with E-state index in [0.717, 1.165) is 44.8 Å². The molecule has 0 bridgehead atoms. The van der Waals surface area contributed by atoms with Crippen molar-refractivity contribution >= 4 is 61.7 Å². The van der Waals surface area contributed by atoms with E-state index in [-0.39, 0.29) is 0 Å². The third-order valence-electron chi connectivity index (χ3n) is 14.2. The fourth-order valence-electron chi connectivity index (χ4n) is 11.1. The lowest BCUT2D eigenvalue weighted by Gasteiger charge is -2.34. The first-order valence-corrected chi connectivity index (χ1v) is 26.3. The molecule has 13 rings (SSSR count). The molecule has 0 amide bonds. The second kappa shape index (κ2) is 17.7. The summed E-state index contributed by atoms with van der Waals surface area (Å²) in [7, 11) is -3.09. The number of imidazole rings is 1. The largest absolute Gasteiger partial charge is 0.294 e. The fraction of sp³-hybridized carbons (Fsp3) is 0. The lowest BCUT2D eigenvalue weighted by atomic mass is 9.88. The first-order chi connectivity index (χ1) is 35.2. The highest BCUT2D eigenvalue weighted by atomic mass is 28.3. The number of aromatic nitrogens is 4. The van der Waals surface area contributed by atoms with Crippen molar-refractivity contribution in [3.05, 3.63) is 286 Å². The molecule has 5 heteroatoms. The van der Waals surface area contributed by atoms with E-state index in [0.29, 0.717) is 0 Å². The van der Waals surface area contributed by atoms with Crippen molar-refractivity contribution in [1.82, 2.24) is 18.7 Å². The van der Waals surface area contributed by atoms with Crippen LogP contribution in [-0.2, 0) is 0 Å². The van der Waals surface area contributed by atoms with Crippen LogP contribution in [-0.4, -0.2) is 26.8 Å². The zero-order chi connectivity index (χ0) is 47.1. The van der Waals surface area contributed by atoms with Gasteiger partial charge in [0.1, 0.15) is 17.2 Å². The number of hydrogen-bond donors (Lipinski definition) is 0. The summed E-state index contributed by atoms with van der Waals surface area (Å²) in [5.41, 5.74) is 13.8. The van der Waals surface area contributed by atoms with Gasteiger partial charge in [-0.2, -0.15) is 9.13 Å². The predicted octanol–water partition coefficient (Wildman–Crippen LogP) is 13.6. The Labute approximate surface area is 414 Å². The van der Waals surface area contributed by atoms with Gasteiger partial charge >= 0.3 is 0 Å². The molecule has 0 atom stereocenters. The molecule has 3 aromatic heterocycles. The zero-order valence-corrected chi connectivity index (χ0v) is 39.9. The van der Waals surface area contributed by atoms with Gasteiger partial charge in [-0.3, -0.25) is 4.57 Å². The third kappa shape index (κ3) is 7.13. The van der Waals surface area contributed by atoms with Crippen LogP contribution in [0, 0.1) is 0 Å². The van der Waals surface area contributed by atoms with Crippen LogP contribution >= 0.6 is 0 Å². The SMILES string of the molecule is c1ccc(-c2cccc(-c3ccccc3)c2-c2ccnc(-n3c4ccccc4c4ccc([Si](c5ccccc5)(c5ccccc5)c5cccc(-n6[cH+]n(-c7ccccc7)c7ccccc76)c5)cc43)c2)cc1. The van der Waals surface area contributed by atoms with Crippen LogP contribution in [0.4, 0.5) is 0 Å². The summed E-state index contributed by atoms with van der Waals surface area (Å²) >= 11 is 0. The molecule has 0 fully saturated rings. The number of nitrogens with zero attached hydrogens (tertiary/aromatic N) is 4. The van der Waals surface area contributed by atoms with Crippen molar-refractivity contribution in [2.75, 3.05) is 0 Å². The van der Waals surface area contributed by atoms with Crippen molar-refractivity contribution < 1.29 is 0 Å². The molecule has 0 unspecified atom stereocenters. The topological polar surface area (TPSA) is 27.7 Å². The molecule has 13 aromatic rings. The number of hydrogen-bond acceptors (Lipinski definition) is 1. The molecule has 0 spiro atoms. The summed E-state index contributed by atoms with van der Waals surface area (Å²) in [6.45, 7) is 0. The summed E-state index contributed by atoms with van der Waals surface area (Å²) in [6.07, 6.45) is 4.22. The van der Waals surface area contributed by atoms with Crippen LogP contribution in [0.5, 0.6) is 0 Å². The van der Waals surface area contributed by atoms with Gasteiger partial charge in [0.15, 0.2) is 25.4 Å². The van der Waals surface area contributed by atoms with Gasteiger partial charge in [-0.1, -0.05) is 212 Å². The monoisotopic (exact) mass is 923 g/mol. The maximum Gasteiger partial charge on any atom is 0.180 e. The van der Waals surface area contributed by atoms with Gasteiger partial charge in [0, 0.05) is 29.1 Å². The molecular formula is C66H47N4Si+. The molecular weight excluding hydrogens is 877 g/mol. The maximum absolute atomic E-state index is 5.24. The Bertz CT molecular complexity index is 3940. The van der Waals surface area contributed by atoms with Gasteiger partial charge in [-0.15, -0.1) is 0 Å². The molecule has 0 N–H and O–H groups in total. The number of pyridine rings is 1. The van der Waals surface area contributed by atoms with Crippen LogP contribution in [0.3, 0.4) is 0 Å². The average molecular weight is 924 g/mol. The molecule has 334 valence electrons. The molecule has 0 aliphatic carbocycles. The normalized spacial score (nSPS) is 11.7. The van der Waals surface area contributed by atoms with Crippen molar-refractivity contribution in [3.63, 3.8) is 0 Å². The molecule has 71 heavy (non-hydrogen) atoms. The molecule has 4 nitrogen and oxygen atoms in total. The maximum atomic E-state index is 5.24. The second-order valence-corrected chi connectivity index (χ2v) is 22.0. The lowest BCUT2D eigenvalue weighted by molar-refractivity contribution is 1.01. The van der Waals surface area contributed by atoms with Crippen LogP contribution in [0.2, 0.25) is 0 Å². The molecule has 0 aliphatic rings. The van der Waals surface area contributed by atoms with E-state index < -0.39 is 8.07 Å². The summed E-state index contributed by atoms with van der Waals surface area (Å²) in [5, 5.41) is 7.59. The van der Waals surface area contributed by atoms with Crippen molar-refractivity contribution in [2.24, 2.45) is 0 Å². The molecule has 0 saturated carbocycles. The highest BCUT2D eigenvalue weighted by Gasteiger charge is 2.42. The average Bonchev–Trinajstić information content (AvgIpc) is 4.01. The van der Waals surface area contributed by atoms with Crippen LogP contribution in [0.25, 0.3) is 83.4 Å². The minimum absolute atomic E-state index is 0.868. The quantitative estimate of drug-likeness (QED) is 0.0763. The standard InChI is InChI=1S/C66H47N4Si/c1-6-22-48(23-7-1)57-35-21-36-58(49-24-8-2-9-25-49)66(57)50-42-43-67-65(44-50)70-61-37-17-16-34-59(61)60-41-40-56(46-64(60)70)71(53-29-12-4-13-30-53,54-31-14-5-15-32-54)55-33-20-28-52(45-55)69-47-68(51-26-10-3-11-27-51)62-38-18-19-39-63(62)69/h1-47H/q+1. The molecule has 3 heterocycles. The van der Waals surface area contributed by atoms with E-state index in [1.54, 1.807) is 0 Å². The third-order valence-corrected chi connectivity index (χ3v) is 19.0. The summed E-state index contributed by atoms with van der Waals surface area (Å²) < 4.78 is 7.03. The van der Waals surface area contributed by atoms with E-state index in [2.05, 4.69) is 293 Å². The predicted molar refractivity (Wildman–Crippen MR) is 299 cm³/mol. The van der Waals surface area contributed by atoms with Crippen molar-refractivity contribution in [2.45, 2.75) is 0 Å². The first-order valence-electron chi connectivity index (χ1n) is 24.3. The van der Waals surface area contributed by atoms with Gasteiger partial charge in [-0.25, -0.2) is 4.98 Å². The van der Waals surface area contributed by atoms with Gasteiger partial charge in [0.2, 0.25) is 0 Å². The first kappa shape index (κ1) is 42.0. The minimum atomic E-state index is -3.09. The Balaban J connectivity index is 1.06. The molecule has 10 aromatic carbocycles. The number of fused-ring (bicyclic) bond motifs is 4. The molecule has 0 aliphatic heterocycles. The molecule has 0 radical (unpaired) electrons. The Morgan fingerprint density at radius 3 is 1.44 bits per heavy atom. The summed E-state index contributed by atoms with van der Waals surface area (Å²) in [6, 6.07) is 99.7. The highest BCUT2D eigenvalue weighted by Crippen LogP contribution is 2.41. The Hall–Kier alpha value is -9.16. The molecule has 0 saturated heterocycles. The van der Waals surface area contributed by atoms with Gasteiger partial charge < -0.3 is 0 Å². The summed E-state index contributed by atoms with van der Waals surface area (Å²) in [5.74, 6) is 0.868. The second-order valence-electron chi connectivity index (χ2n) is 18.2. The van der Waals surface area contributed by atoms with Gasteiger partial charge in [0.25, 0.3) is 0 Å². The fourth-order valence-corrected chi connectivity index (χ4v) is 15.9. The number of rotatable bonds is 10. The Kier molecular flexibility index (Phi) is 10.5. The van der Waals surface area contributed by atoms with E-state index in [1.165, 1.54) is 59.3 Å². The number of para-hydroxylation sites is 4. The highest BCUT2D eigenvalue weighted by molar-refractivity contribution is 7.20. The van der Waals surface area contributed by atoms with Crippen molar-refractivity contribution in [3.8, 4) is 50.6 Å². The van der Waals surface area contributed by atoms with Crippen LogP contribution in [0.1, 0.15) is 0 Å². The Morgan fingerprint density at radius 1 is 0.324 bits per heavy atom. The smallest absolute Gasteiger partial charge is 0.180 e. The minimum Gasteiger partial charge on any atom is -0.294 e. The van der Waals surface area contributed by atoms with Crippen molar-refractivity contribution in [1.29, 1.82) is 0 Å². The van der Waals surface area contributed by atoms with E-state index in [4.69, 9.17) is 4.98 Å². The van der Waals surface area contributed by atoms with E-state index >= 15 is 0 Å². The summed E-state index contributed by atoms with van der Waals surface area (Å²) in [4.78, 5) is 5.24. The van der Waals surface area contributed by atoms with E-state index in [1.807, 2.05) is 6.20 Å².